The number of pyridine rings is 1. The first-order valence-electron chi connectivity index (χ1n) is 6.59. The number of benzene rings is 2. The molecule has 3 aromatic rings. The van der Waals surface area contributed by atoms with Crippen molar-refractivity contribution in [1.29, 1.82) is 0 Å². The Hall–Kier alpha value is -2.73. The Labute approximate surface area is 128 Å². The van der Waals surface area contributed by atoms with E-state index in [-0.39, 0.29) is 4.90 Å². The Balaban J connectivity index is 1.83. The number of nitrogens with one attached hydrogen (secondary N) is 1. The van der Waals surface area contributed by atoms with Gasteiger partial charge in [0.05, 0.1) is 11.1 Å². The highest BCUT2D eigenvalue weighted by atomic mass is 32.2. The van der Waals surface area contributed by atoms with Crippen molar-refractivity contribution in [3.05, 3.63) is 72.6 Å². The summed E-state index contributed by atoms with van der Waals surface area (Å²) in [5, 5.41) is 5.63. The Morgan fingerprint density at radius 3 is 2.45 bits per heavy atom. The zero-order valence-corrected chi connectivity index (χ0v) is 12.4. The summed E-state index contributed by atoms with van der Waals surface area (Å²) in [5.74, 6) is 0. The standard InChI is InChI=1S/C16H13N3O2S/c20-22(21,19-18-12-13-7-9-17-10-8-13)16-6-5-14-3-1-2-4-15(14)11-16/h1-12,19H/b18-12+. The van der Waals surface area contributed by atoms with Crippen LogP contribution in [0.4, 0.5) is 0 Å². The number of fused-ring (bicyclic) bond motifs is 1. The van der Waals surface area contributed by atoms with Gasteiger partial charge in [-0.1, -0.05) is 30.3 Å². The molecule has 0 aliphatic heterocycles. The molecule has 1 heterocycles. The maximum Gasteiger partial charge on any atom is 0.276 e. The van der Waals surface area contributed by atoms with Crippen LogP contribution in [0.3, 0.4) is 0 Å². The monoisotopic (exact) mass is 311 g/mol. The summed E-state index contributed by atoms with van der Waals surface area (Å²) >= 11 is 0. The van der Waals surface area contributed by atoms with Gasteiger partial charge >= 0.3 is 0 Å². The van der Waals surface area contributed by atoms with E-state index in [1.165, 1.54) is 6.21 Å². The lowest BCUT2D eigenvalue weighted by Gasteiger charge is -2.05. The molecule has 0 fully saturated rings. The van der Waals surface area contributed by atoms with Crippen molar-refractivity contribution in [3.8, 4) is 0 Å². The van der Waals surface area contributed by atoms with Crippen LogP contribution in [-0.2, 0) is 10.0 Å². The molecular formula is C16H13N3O2S. The summed E-state index contributed by atoms with van der Waals surface area (Å²) in [7, 11) is -3.69. The molecule has 6 heteroatoms. The van der Waals surface area contributed by atoms with Crippen LogP contribution in [0.25, 0.3) is 10.8 Å². The Morgan fingerprint density at radius 2 is 1.68 bits per heavy atom. The largest absolute Gasteiger partial charge is 0.276 e. The third kappa shape index (κ3) is 3.12. The number of sulfonamides is 1. The highest BCUT2D eigenvalue weighted by Gasteiger charge is 2.12. The molecule has 2 aromatic carbocycles. The minimum atomic E-state index is -3.69. The summed E-state index contributed by atoms with van der Waals surface area (Å²) in [6, 6.07) is 16.0. The molecule has 0 atom stereocenters. The maximum absolute atomic E-state index is 12.2. The topological polar surface area (TPSA) is 71.4 Å². The first kappa shape index (κ1) is 14.2. The molecule has 0 bridgehead atoms. The van der Waals surface area contributed by atoms with Crippen LogP contribution in [-0.4, -0.2) is 19.6 Å². The second kappa shape index (κ2) is 5.95. The summed E-state index contributed by atoms with van der Waals surface area (Å²) in [5.41, 5.74) is 0.760. The fraction of sp³-hybridized carbons (Fsp3) is 0. The van der Waals surface area contributed by atoms with Gasteiger partial charge < -0.3 is 0 Å². The number of hydrogen-bond donors (Lipinski definition) is 1. The summed E-state index contributed by atoms with van der Waals surface area (Å²) in [4.78, 5) is 6.27. The minimum absolute atomic E-state index is 0.179. The van der Waals surface area contributed by atoms with Gasteiger partial charge in [0.1, 0.15) is 0 Å². The van der Waals surface area contributed by atoms with Crippen molar-refractivity contribution in [1.82, 2.24) is 9.82 Å². The van der Waals surface area contributed by atoms with Crippen LogP contribution in [0.5, 0.6) is 0 Å². The molecule has 3 rings (SSSR count). The van der Waals surface area contributed by atoms with Crippen LogP contribution < -0.4 is 4.83 Å². The van der Waals surface area contributed by atoms with Crippen molar-refractivity contribution in [2.75, 3.05) is 0 Å². The lowest BCUT2D eigenvalue weighted by Crippen LogP contribution is -2.18. The van der Waals surface area contributed by atoms with Crippen molar-refractivity contribution >= 4 is 27.0 Å². The first-order valence-corrected chi connectivity index (χ1v) is 8.07. The summed E-state index contributed by atoms with van der Waals surface area (Å²) < 4.78 is 24.5. The molecule has 0 unspecified atom stereocenters. The Morgan fingerprint density at radius 1 is 0.955 bits per heavy atom. The molecule has 0 amide bonds. The SMILES string of the molecule is O=S(=O)(N/N=C/c1ccncc1)c1ccc2ccccc2c1. The zero-order valence-electron chi connectivity index (χ0n) is 11.5. The van der Waals surface area contributed by atoms with Gasteiger partial charge in [-0.05, 0) is 40.6 Å². The van der Waals surface area contributed by atoms with Crippen LogP contribution in [0.1, 0.15) is 5.56 Å². The lowest BCUT2D eigenvalue weighted by molar-refractivity contribution is 0.585. The predicted octanol–water partition coefficient (Wildman–Crippen LogP) is 2.55. The van der Waals surface area contributed by atoms with Crippen molar-refractivity contribution in [3.63, 3.8) is 0 Å². The van der Waals surface area contributed by atoms with E-state index >= 15 is 0 Å². The number of aromatic nitrogens is 1. The first-order chi connectivity index (χ1) is 10.6. The normalized spacial score (nSPS) is 11.8. The molecule has 0 aliphatic rings. The average molecular weight is 311 g/mol. The lowest BCUT2D eigenvalue weighted by atomic mass is 10.1. The van der Waals surface area contributed by atoms with Gasteiger partial charge in [0.2, 0.25) is 0 Å². The maximum atomic E-state index is 12.2. The molecule has 110 valence electrons. The fourth-order valence-electron chi connectivity index (χ4n) is 2.01. The third-order valence-corrected chi connectivity index (χ3v) is 4.34. The quantitative estimate of drug-likeness (QED) is 0.594. The third-order valence-electron chi connectivity index (χ3n) is 3.12. The molecule has 5 nitrogen and oxygen atoms in total. The number of nitrogens with zero attached hydrogens (tertiary/aromatic N) is 2. The van der Waals surface area contributed by atoms with Crippen LogP contribution in [0.2, 0.25) is 0 Å². The van der Waals surface area contributed by atoms with E-state index < -0.39 is 10.0 Å². The van der Waals surface area contributed by atoms with Gasteiger partial charge in [-0.15, -0.1) is 0 Å². The molecule has 0 radical (unpaired) electrons. The molecule has 1 N–H and O–H groups in total. The predicted molar refractivity (Wildman–Crippen MR) is 86.1 cm³/mol. The number of hydrazone groups is 1. The second-order valence-corrected chi connectivity index (χ2v) is 6.30. The second-order valence-electron chi connectivity index (χ2n) is 4.64. The van der Waals surface area contributed by atoms with Gasteiger partial charge in [-0.2, -0.15) is 13.5 Å². The van der Waals surface area contributed by atoms with E-state index in [1.54, 1.807) is 42.7 Å². The molecule has 0 saturated carbocycles. The number of rotatable bonds is 4. The molecular weight excluding hydrogens is 298 g/mol. The van der Waals surface area contributed by atoms with Gasteiger partial charge in [0, 0.05) is 12.4 Å². The van der Waals surface area contributed by atoms with Gasteiger partial charge in [-0.25, -0.2) is 4.83 Å². The molecule has 1 aromatic heterocycles. The van der Waals surface area contributed by atoms with E-state index in [9.17, 15) is 8.42 Å². The van der Waals surface area contributed by atoms with Crippen molar-refractivity contribution in [2.24, 2.45) is 5.10 Å². The number of hydrogen-bond acceptors (Lipinski definition) is 4. The Bertz CT molecular complexity index is 922. The molecule has 0 saturated heterocycles. The van der Waals surface area contributed by atoms with Crippen molar-refractivity contribution in [2.45, 2.75) is 4.90 Å². The molecule has 22 heavy (non-hydrogen) atoms. The molecule has 0 spiro atoms. The van der Waals surface area contributed by atoms with Crippen LogP contribution in [0, 0.1) is 0 Å². The minimum Gasteiger partial charge on any atom is -0.265 e. The van der Waals surface area contributed by atoms with Crippen molar-refractivity contribution < 1.29 is 8.42 Å². The highest BCUT2D eigenvalue weighted by molar-refractivity contribution is 7.89. The summed E-state index contributed by atoms with van der Waals surface area (Å²) in [6.07, 6.45) is 4.65. The van der Waals surface area contributed by atoms with E-state index in [2.05, 4.69) is 14.9 Å². The highest BCUT2D eigenvalue weighted by Crippen LogP contribution is 2.18. The average Bonchev–Trinajstić information content (AvgIpc) is 2.55. The van der Waals surface area contributed by atoms with E-state index in [0.717, 1.165) is 16.3 Å². The van der Waals surface area contributed by atoms with Crippen LogP contribution >= 0.6 is 0 Å². The van der Waals surface area contributed by atoms with E-state index in [1.807, 2.05) is 24.3 Å². The smallest absolute Gasteiger partial charge is 0.265 e. The van der Waals surface area contributed by atoms with Gasteiger partial charge in [0.15, 0.2) is 0 Å². The van der Waals surface area contributed by atoms with Gasteiger partial charge in [0.25, 0.3) is 10.0 Å². The van der Waals surface area contributed by atoms with Gasteiger partial charge in [-0.3, -0.25) is 4.98 Å². The fourth-order valence-corrected chi connectivity index (χ4v) is 2.83. The summed E-state index contributed by atoms with van der Waals surface area (Å²) in [6.45, 7) is 0. The zero-order chi connectivity index (χ0) is 15.4. The molecule has 0 aliphatic carbocycles. The van der Waals surface area contributed by atoms with E-state index in [0.29, 0.717) is 0 Å². The van der Waals surface area contributed by atoms with Crippen LogP contribution in [0.15, 0.2) is 77.0 Å². The Kier molecular flexibility index (Phi) is 3.84. The van der Waals surface area contributed by atoms with E-state index in [4.69, 9.17) is 0 Å².